The molecule has 3 aromatic rings. The number of piperidine rings is 1. The SMILES string of the molecule is CN1CCC(Nc2cc(CC(=O)Cc3ccc(Oc4ccnc(NC(=O)C5CC5)c4)c(F)c3)cc(C(F)(F)F)c2)CC1. The van der Waals surface area contributed by atoms with Crippen LogP contribution in [0.15, 0.2) is 54.7 Å². The first-order valence-corrected chi connectivity index (χ1v) is 13.9. The minimum absolute atomic E-state index is 0.000413. The molecule has 1 saturated heterocycles. The summed E-state index contributed by atoms with van der Waals surface area (Å²) in [4.78, 5) is 31.1. The second-order valence-corrected chi connectivity index (χ2v) is 11.0. The van der Waals surface area contributed by atoms with E-state index < -0.39 is 17.6 Å². The van der Waals surface area contributed by atoms with Gasteiger partial charge in [0.15, 0.2) is 11.6 Å². The molecular formula is C31H32F4N4O3. The van der Waals surface area contributed by atoms with E-state index in [1.807, 2.05) is 7.05 Å². The third-order valence-corrected chi connectivity index (χ3v) is 7.37. The molecule has 42 heavy (non-hydrogen) atoms. The van der Waals surface area contributed by atoms with E-state index in [9.17, 15) is 27.2 Å². The number of Topliss-reactive ketones (excluding diaryl/α,β-unsaturated/α-hetero) is 1. The highest BCUT2D eigenvalue weighted by atomic mass is 19.4. The summed E-state index contributed by atoms with van der Waals surface area (Å²) in [5.41, 5.74) is 0.129. The number of alkyl halides is 3. The van der Waals surface area contributed by atoms with Gasteiger partial charge in [0.2, 0.25) is 5.91 Å². The van der Waals surface area contributed by atoms with Crippen LogP contribution >= 0.6 is 0 Å². The zero-order chi connectivity index (χ0) is 29.9. The lowest BCUT2D eigenvalue weighted by Gasteiger charge is -2.30. The van der Waals surface area contributed by atoms with Crippen molar-refractivity contribution in [3.8, 4) is 11.5 Å². The van der Waals surface area contributed by atoms with Gasteiger partial charge in [-0.1, -0.05) is 6.07 Å². The highest BCUT2D eigenvalue weighted by molar-refractivity contribution is 5.93. The molecule has 222 valence electrons. The van der Waals surface area contributed by atoms with Gasteiger partial charge in [-0.05, 0) is 93.3 Å². The fraction of sp³-hybridized carbons (Fsp3) is 0.387. The number of anilines is 2. The fourth-order valence-corrected chi connectivity index (χ4v) is 4.93. The molecule has 2 aliphatic rings. The molecule has 7 nitrogen and oxygen atoms in total. The average molecular weight is 585 g/mol. The molecule has 5 rings (SSSR count). The summed E-state index contributed by atoms with van der Waals surface area (Å²) in [7, 11) is 2.01. The van der Waals surface area contributed by atoms with Crippen molar-refractivity contribution in [2.24, 2.45) is 5.92 Å². The maximum Gasteiger partial charge on any atom is 0.416 e. The molecule has 1 aliphatic heterocycles. The van der Waals surface area contributed by atoms with Crippen molar-refractivity contribution in [3.63, 3.8) is 0 Å². The van der Waals surface area contributed by atoms with Crippen molar-refractivity contribution in [3.05, 3.63) is 77.2 Å². The predicted octanol–water partition coefficient (Wildman–Crippen LogP) is 6.24. The maximum absolute atomic E-state index is 14.9. The highest BCUT2D eigenvalue weighted by Crippen LogP contribution is 2.34. The number of hydrogen-bond donors (Lipinski definition) is 2. The normalized spacial score (nSPS) is 16.2. The third-order valence-electron chi connectivity index (χ3n) is 7.37. The summed E-state index contributed by atoms with van der Waals surface area (Å²) in [5, 5.41) is 5.91. The first-order chi connectivity index (χ1) is 20.0. The van der Waals surface area contributed by atoms with E-state index in [-0.39, 0.29) is 53.6 Å². The van der Waals surface area contributed by atoms with E-state index in [1.54, 1.807) is 6.07 Å². The number of halogens is 4. The number of pyridine rings is 1. The van der Waals surface area contributed by atoms with Crippen LogP contribution in [0.2, 0.25) is 0 Å². The van der Waals surface area contributed by atoms with Crippen LogP contribution in [0, 0.1) is 11.7 Å². The first-order valence-electron chi connectivity index (χ1n) is 13.9. The van der Waals surface area contributed by atoms with Crippen LogP contribution in [0.1, 0.15) is 42.4 Å². The number of nitrogens with one attached hydrogen (secondary N) is 2. The summed E-state index contributed by atoms with van der Waals surface area (Å²) in [6.07, 6.45) is -0.185. The number of benzene rings is 2. The van der Waals surface area contributed by atoms with Crippen molar-refractivity contribution in [2.75, 3.05) is 30.8 Å². The summed E-state index contributed by atoms with van der Waals surface area (Å²) in [6.45, 7) is 1.70. The molecule has 2 fully saturated rings. The van der Waals surface area contributed by atoms with Crippen LogP contribution in [0.5, 0.6) is 11.5 Å². The number of carbonyl (C=O) groups is 2. The minimum Gasteiger partial charge on any atom is -0.454 e. The van der Waals surface area contributed by atoms with Crippen molar-refractivity contribution in [1.82, 2.24) is 9.88 Å². The van der Waals surface area contributed by atoms with Crippen LogP contribution in [-0.4, -0.2) is 47.8 Å². The number of amides is 1. The molecule has 1 aliphatic carbocycles. The molecule has 0 bridgehead atoms. The number of ketones is 1. The van der Waals surface area contributed by atoms with Gasteiger partial charge < -0.3 is 20.3 Å². The molecule has 0 unspecified atom stereocenters. The third kappa shape index (κ3) is 8.06. The summed E-state index contributed by atoms with van der Waals surface area (Å²) in [6, 6.07) is 10.8. The van der Waals surface area contributed by atoms with Gasteiger partial charge in [-0.25, -0.2) is 9.37 Å². The van der Waals surface area contributed by atoms with Crippen molar-refractivity contribution in [1.29, 1.82) is 0 Å². The smallest absolute Gasteiger partial charge is 0.416 e. The van der Waals surface area contributed by atoms with Crippen LogP contribution < -0.4 is 15.4 Å². The zero-order valence-corrected chi connectivity index (χ0v) is 23.1. The first kappa shape index (κ1) is 29.5. The number of rotatable bonds is 10. The monoisotopic (exact) mass is 584 g/mol. The van der Waals surface area contributed by atoms with Crippen LogP contribution in [0.25, 0.3) is 0 Å². The zero-order valence-electron chi connectivity index (χ0n) is 23.1. The molecule has 11 heteroatoms. The van der Waals surface area contributed by atoms with Crippen molar-refractivity contribution < 1.29 is 31.9 Å². The van der Waals surface area contributed by atoms with Crippen molar-refractivity contribution in [2.45, 2.75) is 50.7 Å². The fourth-order valence-electron chi connectivity index (χ4n) is 4.93. The Hall–Kier alpha value is -3.99. The molecule has 2 heterocycles. The topological polar surface area (TPSA) is 83.6 Å². The van der Waals surface area contributed by atoms with Gasteiger partial charge in [-0.15, -0.1) is 0 Å². The van der Waals surface area contributed by atoms with E-state index in [4.69, 9.17) is 4.74 Å². The molecular weight excluding hydrogens is 552 g/mol. The Labute approximate surface area is 241 Å². The largest absolute Gasteiger partial charge is 0.454 e. The van der Waals surface area contributed by atoms with Gasteiger partial charge >= 0.3 is 6.18 Å². The predicted molar refractivity (Wildman–Crippen MR) is 150 cm³/mol. The Bertz CT molecular complexity index is 1450. The standard InChI is InChI=1S/C31H32F4N4O3/c1-39-10-7-23(8-11-39)37-24-13-20(12-22(17-24)31(33,34)35)15-25(40)14-19-2-5-28(27(32)16-19)42-26-6-9-36-29(18-26)38-30(41)21-3-4-21/h2,5-6,9,12-13,16-18,21,23,37H,3-4,7-8,10-11,14-15H2,1H3,(H,36,38,41). The van der Waals surface area contributed by atoms with Crippen molar-refractivity contribution >= 4 is 23.2 Å². The molecule has 2 aromatic carbocycles. The van der Waals surface area contributed by atoms with Crippen LogP contribution in [0.4, 0.5) is 29.1 Å². The molecule has 1 saturated carbocycles. The number of carbonyl (C=O) groups excluding carboxylic acids is 2. The molecule has 0 atom stereocenters. The summed E-state index contributed by atoms with van der Waals surface area (Å²) < 4.78 is 61.3. The molecule has 0 spiro atoms. The lowest BCUT2D eigenvalue weighted by atomic mass is 9.99. The van der Waals surface area contributed by atoms with Gasteiger partial charge in [0.1, 0.15) is 17.4 Å². The van der Waals surface area contributed by atoms with Gasteiger partial charge in [0.25, 0.3) is 0 Å². The van der Waals surface area contributed by atoms with Crippen LogP contribution in [0.3, 0.4) is 0 Å². The van der Waals surface area contributed by atoms with Gasteiger partial charge in [0, 0.05) is 42.8 Å². The lowest BCUT2D eigenvalue weighted by molar-refractivity contribution is -0.137. The highest BCUT2D eigenvalue weighted by Gasteiger charge is 2.32. The molecule has 0 radical (unpaired) electrons. The summed E-state index contributed by atoms with van der Waals surface area (Å²) in [5.74, 6) is -0.684. The number of nitrogens with zero attached hydrogens (tertiary/aromatic N) is 2. The second-order valence-electron chi connectivity index (χ2n) is 11.0. The van der Waals surface area contributed by atoms with Crippen LogP contribution in [-0.2, 0) is 28.6 Å². The van der Waals surface area contributed by atoms with Gasteiger partial charge in [0.05, 0.1) is 5.56 Å². The molecule has 1 amide bonds. The second kappa shape index (κ2) is 12.5. The molecule has 1 aromatic heterocycles. The van der Waals surface area contributed by atoms with Gasteiger partial charge in [-0.3, -0.25) is 9.59 Å². The van der Waals surface area contributed by atoms with E-state index >= 15 is 0 Å². The Balaban J connectivity index is 1.22. The Morgan fingerprint density at radius 1 is 0.976 bits per heavy atom. The number of hydrogen-bond acceptors (Lipinski definition) is 6. The number of likely N-dealkylation sites (tertiary alicyclic amines) is 1. The minimum atomic E-state index is -4.56. The summed E-state index contributed by atoms with van der Waals surface area (Å²) >= 11 is 0. The number of aromatic nitrogens is 1. The quantitative estimate of drug-likeness (QED) is 0.275. The van der Waals surface area contributed by atoms with E-state index in [0.717, 1.165) is 50.9 Å². The van der Waals surface area contributed by atoms with E-state index in [1.165, 1.54) is 36.5 Å². The van der Waals surface area contributed by atoms with Gasteiger partial charge in [-0.2, -0.15) is 13.2 Å². The Morgan fingerprint density at radius 2 is 1.71 bits per heavy atom. The van der Waals surface area contributed by atoms with E-state index in [0.29, 0.717) is 17.1 Å². The average Bonchev–Trinajstić information content (AvgIpc) is 3.77. The Morgan fingerprint density at radius 3 is 2.40 bits per heavy atom. The molecule has 2 N–H and O–H groups in total. The van der Waals surface area contributed by atoms with E-state index in [2.05, 4.69) is 20.5 Å². The Kier molecular flexibility index (Phi) is 8.77. The maximum atomic E-state index is 14.9. The lowest BCUT2D eigenvalue weighted by Crippen LogP contribution is -2.36. The number of ether oxygens (including phenoxy) is 1.